The second kappa shape index (κ2) is 10.6. The minimum absolute atomic E-state index is 0.00339. The van der Waals surface area contributed by atoms with Gasteiger partial charge >= 0.3 is 0 Å². The van der Waals surface area contributed by atoms with Crippen molar-refractivity contribution in [1.82, 2.24) is 0 Å². The Morgan fingerprint density at radius 1 is 1.10 bits per heavy atom. The van der Waals surface area contributed by atoms with E-state index in [0.29, 0.717) is 24.8 Å². The molecule has 0 saturated carbocycles. The summed E-state index contributed by atoms with van der Waals surface area (Å²) in [5.41, 5.74) is -4.06. The number of carbonyl (C=O) groups excluding carboxylic acids is 2. The minimum Gasteiger partial charge on any atom is -0.383 e. The molecule has 1 aromatic carbocycles. The van der Waals surface area contributed by atoms with Gasteiger partial charge in [-0.15, -0.1) is 0 Å². The van der Waals surface area contributed by atoms with Gasteiger partial charge in [0.25, 0.3) is 0 Å². The number of Topliss-reactive ketones (excluding diaryl/α,β-unsaturated/α-hetero) is 2. The molecule has 0 bridgehead atoms. The first-order valence-corrected chi connectivity index (χ1v) is 10.8. The Bertz CT molecular complexity index is 707. The van der Waals surface area contributed by atoms with Gasteiger partial charge in [-0.25, -0.2) is 0 Å². The molecule has 1 unspecified atom stereocenters. The van der Waals surface area contributed by atoms with Crippen LogP contribution in [0.1, 0.15) is 64.4 Å². The number of carbonyl (C=O) groups is 2. The standard InChI is InChI=1S/C23H34O7/c1-3-5-12-17(24)20(27)21-23(29,14-16-10-8-7-9-11-16)22(28,15-19(26)30-21)18(25)13-6-4-2/h7-11,19-21,26-29H,3-6,12-15H2,1-2H3/t19-,20?,21+,22-,23+/m0/s1. The van der Waals surface area contributed by atoms with E-state index in [9.17, 15) is 30.0 Å². The van der Waals surface area contributed by atoms with Gasteiger partial charge in [0.05, 0.1) is 0 Å². The fourth-order valence-electron chi connectivity index (χ4n) is 4.05. The largest absolute Gasteiger partial charge is 0.383 e. The van der Waals surface area contributed by atoms with Crippen molar-refractivity contribution in [3.05, 3.63) is 35.9 Å². The highest BCUT2D eigenvalue weighted by molar-refractivity contribution is 5.90. The topological polar surface area (TPSA) is 124 Å². The third-order valence-corrected chi connectivity index (χ3v) is 5.89. The lowest BCUT2D eigenvalue weighted by atomic mass is 9.66. The monoisotopic (exact) mass is 422 g/mol. The molecule has 0 radical (unpaired) electrons. The van der Waals surface area contributed by atoms with Gasteiger partial charge in [0.1, 0.15) is 17.8 Å². The summed E-state index contributed by atoms with van der Waals surface area (Å²) in [4.78, 5) is 25.5. The van der Waals surface area contributed by atoms with Gasteiger partial charge in [-0.05, 0) is 18.4 Å². The number of rotatable bonds is 11. The predicted octanol–water partition coefficient (Wildman–Crippen LogP) is 1.68. The molecule has 1 fully saturated rings. The number of benzene rings is 1. The lowest BCUT2D eigenvalue weighted by Crippen LogP contribution is -2.74. The lowest BCUT2D eigenvalue weighted by Gasteiger charge is -2.52. The van der Waals surface area contributed by atoms with Crippen molar-refractivity contribution in [3.63, 3.8) is 0 Å². The van der Waals surface area contributed by atoms with Crippen molar-refractivity contribution in [2.75, 3.05) is 0 Å². The molecular formula is C23H34O7. The molecule has 5 atom stereocenters. The minimum atomic E-state index is -2.37. The molecule has 1 aliphatic heterocycles. The van der Waals surface area contributed by atoms with Gasteiger partial charge in [-0.3, -0.25) is 9.59 Å². The van der Waals surface area contributed by atoms with Gasteiger partial charge in [-0.1, -0.05) is 57.0 Å². The quantitative estimate of drug-likeness (QED) is 0.428. The van der Waals surface area contributed by atoms with E-state index in [1.54, 1.807) is 30.3 Å². The Kier molecular flexibility index (Phi) is 8.70. The zero-order chi connectivity index (χ0) is 22.4. The Labute approximate surface area is 177 Å². The first-order valence-electron chi connectivity index (χ1n) is 10.8. The van der Waals surface area contributed by atoms with Crippen molar-refractivity contribution in [2.45, 2.75) is 94.9 Å². The summed E-state index contributed by atoms with van der Waals surface area (Å²) >= 11 is 0. The van der Waals surface area contributed by atoms with Crippen LogP contribution in [-0.4, -0.2) is 61.7 Å². The van der Waals surface area contributed by atoms with E-state index >= 15 is 0 Å². The molecule has 0 aliphatic carbocycles. The molecule has 30 heavy (non-hydrogen) atoms. The van der Waals surface area contributed by atoms with E-state index in [0.717, 1.165) is 6.42 Å². The highest BCUT2D eigenvalue weighted by atomic mass is 16.6. The molecule has 0 spiro atoms. The number of aliphatic hydroxyl groups is 4. The molecule has 0 amide bonds. The van der Waals surface area contributed by atoms with Crippen LogP contribution in [0.4, 0.5) is 0 Å². The number of hydrogen-bond acceptors (Lipinski definition) is 7. The van der Waals surface area contributed by atoms with Crippen LogP contribution in [0.15, 0.2) is 30.3 Å². The summed E-state index contributed by atoms with van der Waals surface area (Å²) in [7, 11) is 0. The van der Waals surface area contributed by atoms with Crippen LogP contribution < -0.4 is 0 Å². The highest BCUT2D eigenvalue weighted by Gasteiger charge is 2.64. The second-order valence-electron chi connectivity index (χ2n) is 8.20. The molecule has 1 saturated heterocycles. The van der Waals surface area contributed by atoms with E-state index in [4.69, 9.17) is 4.74 Å². The van der Waals surface area contributed by atoms with Crippen LogP contribution in [-0.2, 0) is 20.7 Å². The van der Waals surface area contributed by atoms with Crippen molar-refractivity contribution in [1.29, 1.82) is 0 Å². The van der Waals surface area contributed by atoms with Crippen molar-refractivity contribution in [2.24, 2.45) is 0 Å². The number of aliphatic hydroxyl groups excluding tert-OH is 2. The van der Waals surface area contributed by atoms with E-state index in [1.807, 2.05) is 13.8 Å². The second-order valence-corrected chi connectivity index (χ2v) is 8.20. The maximum atomic E-state index is 13.0. The van der Waals surface area contributed by atoms with E-state index in [-0.39, 0.29) is 19.3 Å². The van der Waals surface area contributed by atoms with Crippen LogP contribution in [0.25, 0.3) is 0 Å². The first kappa shape index (κ1) is 24.6. The van der Waals surface area contributed by atoms with E-state index in [1.165, 1.54) is 0 Å². The molecule has 1 heterocycles. The number of ether oxygens (including phenoxy) is 1. The van der Waals surface area contributed by atoms with Crippen molar-refractivity contribution < 1.29 is 34.8 Å². The summed E-state index contributed by atoms with van der Waals surface area (Å²) in [5.74, 6) is -1.20. The summed E-state index contributed by atoms with van der Waals surface area (Å²) in [6.07, 6.45) is -3.24. The zero-order valence-electron chi connectivity index (χ0n) is 17.8. The predicted molar refractivity (Wildman–Crippen MR) is 111 cm³/mol. The van der Waals surface area contributed by atoms with Gasteiger partial charge in [0, 0.05) is 25.7 Å². The fourth-order valence-corrected chi connectivity index (χ4v) is 4.05. The van der Waals surface area contributed by atoms with Gasteiger partial charge in [0.2, 0.25) is 0 Å². The molecule has 0 aromatic heterocycles. The normalized spacial score (nSPS) is 30.1. The number of hydrogen-bond donors (Lipinski definition) is 4. The molecular weight excluding hydrogens is 388 g/mol. The van der Waals surface area contributed by atoms with Crippen molar-refractivity contribution in [3.8, 4) is 0 Å². The maximum absolute atomic E-state index is 13.0. The van der Waals surface area contributed by atoms with E-state index in [2.05, 4.69) is 0 Å². The van der Waals surface area contributed by atoms with E-state index < -0.39 is 47.7 Å². The van der Waals surface area contributed by atoms with Crippen LogP contribution in [0.3, 0.4) is 0 Å². The lowest BCUT2D eigenvalue weighted by molar-refractivity contribution is -0.313. The highest BCUT2D eigenvalue weighted by Crippen LogP contribution is 2.43. The number of unbranched alkanes of at least 4 members (excludes halogenated alkanes) is 2. The van der Waals surface area contributed by atoms with Gasteiger partial charge in [-0.2, -0.15) is 0 Å². The molecule has 1 aliphatic rings. The summed E-state index contributed by atoms with van der Waals surface area (Å²) in [5, 5.41) is 44.1. The molecule has 7 nitrogen and oxygen atoms in total. The zero-order valence-corrected chi connectivity index (χ0v) is 17.8. The molecule has 1 aromatic rings. The Morgan fingerprint density at radius 2 is 1.70 bits per heavy atom. The van der Waals surface area contributed by atoms with Crippen LogP contribution in [0.5, 0.6) is 0 Å². The molecule has 2 rings (SSSR count). The van der Waals surface area contributed by atoms with Crippen LogP contribution >= 0.6 is 0 Å². The molecule has 7 heteroatoms. The molecule has 168 valence electrons. The van der Waals surface area contributed by atoms with Gasteiger partial charge in [0.15, 0.2) is 23.5 Å². The smallest absolute Gasteiger partial charge is 0.167 e. The fraction of sp³-hybridized carbons (Fsp3) is 0.652. The summed E-state index contributed by atoms with van der Waals surface area (Å²) in [6, 6.07) is 8.69. The average Bonchev–Trinajstić information content (AvgIpc) is 2.73. The van der Waals surface area contributed by atoms with Crippen LogP contribution in [0, 0.1) is 0 Å². The third-order valence-electron chi connectivity index (χ3n) is 5.89. The Balaban J connectivity index is 2.48. The number of ketones is 2. The van der Waals surface area contributed by atoms with Crippen LogP contribution in [0.2, 0.25) is 0 Å². The Morgan fingerprint density at radius 3 is 2.30 bits per heavy atom. The maximum Gasteiger partial charge on any atom is 0.167 e. The summed E-state index contributed by atoms with van der Waals surface area (Å²) in [6.45, 7) is 3.79. The SMILES string of the molecule is CCCCC(=O)C(O)[C@H]1O[C@H](O)C[C@](O)(C(=O)CCCC)[C@@]1(O)Cc1ccccc1. The summed E-state index contributed by atoms with van der Waals surface area (Å²) < 4.78 is 5.41. The average molecular weight is 423 g/mol. The van der Waals surface area contributed by atoms with Crippen molar-refractivity contribution >= 4 is 11.6 Å². The Hall–Kier alpha value is -1.64. The van der Waals surface area contributed by atoms with Gasteiger partial charge < -0.3 is 25.2 Å². The molecule has 4 N–H and O–H groups in total. The first-order chi connectivity index (χ1) is 14.2. The third kappa shape index (κ3) is 5.15.